The Balaban J connectivity index is 2.46. The van der Waals surface area contributed by atoms with Gasteiger partial charge in [-0.25, -0.2) is 17.2 Å². The minimum Gasteiger partial charge on any atom is -0.274 e. The van der Waals surface area contributed by atoms with Gasteiger partial charge in [0.15, 0.2) is 0 Å². The zero-order chi connectivity index (χ0) is 14.9. The lowest BCUT2D eigenvalue weighted by Crippen LogP contribution is -2.16. The quantitative estimate of drug-likeness (QED) is 0.944. The molecule has 3 nitrogen and oxygen atoms in total. The molecule has 0 aromatic heterocycles. The summed E-state index contributed by atoms with van der Waals surface area (Å²) < 4.78 is 53.3. The highest BCUT2D eigenvalue weighted by atomic mass is 32.2. The van der Waals surface area contributed by atoms with E-state index in [2.05, 4.69) is 0 Å². The monoisotopic (exact) mass is 297 g/mol. The second kappa shape index (κ2) is 5.20. The van der Waals surface area contributed by atoms with Gasteiger partial charge in [-0.1, -0.05) is 23.8 Å². The third kappa shape index (κ3) is 2.80. The molecule has 2 rings (SSSR count). The minimum atomic E-state index is -4.04. The van der Waals surface area contributed by atoms with Crippen LogP contribution in [0.2, 0.25) is 0 Å². The normalized spacial score (nSPS) is 11.4. The molecule has 2 aromatic rings. The second-order valence-corrected chi connectivity index (χ2v) is 6.12. The number of hydrogen-bond acceptors (Lipinski definition) is 2. The molecule has 106 valence electrons. The number of hydrogen-bond donors (Lipinski definition) is 1. The van der Waals surface area contributed by atoms with Gasteiger partial charge >= 0.3 is 0 Å². The number of rotatable bonds is 3. The molecular weight excluding hydrogens is 284 g/mol. The van der Waals surface area contributed by atoms with Crippen molar-refractivity contribution < 1.29 is 17.2 Å². The van der Waals surface area contributed by atoms with Gasteiger partial charge in [-0.05, 0) is 37.6 Å². The van der Waals surface area contributed by atoms with E-state index in [1.54, 1.807) is 19.1 Å². The maximum atomic E-state index is 13.5. The molecule has 0 spiro atoms. The molecule has 0 aliphatic rings. The van der Waals surface area contributed by atoms with Crippen LogP contribution in [0.15, 0.2) is 41.3 Å². The van der Waals surface area contributed by atoms with Crippen molar-refractivity contribution in [2.24, 2.45) is 0 Å². The van der Waals surface area contributed by atoms with Gasteiger partial charge in [-0.2, -0.15) is 0 Å². The molecule has 0 bridgehead atoms. The van der Waals surface area contributed by atoms with E-state index < -0.39 is 27.3 Å². The van der Waals surface area contributed by atoms with Crippen molar-refractivity contribution in [3.63, 3.8) is 0 Å². The Kier molecular flexibility index (Phi) is 3.76. The van der Waals surface area contributed by atoms with Crippen LogP contribution in [0.3, 0.4) is 0 Å². The molecule has 0 heterocycles. The van der Waals surface area contributed by atoms with Crippen molar-refractivity contribution in [1.29, 1.82) is 0 Å². The molecule has 0 radical (unpaired) electrons. The first-order valence-electron chi connectivity index (χ1n) is 5.85. The van der Waals surface area contributed by atoms with Crippen molar-refractivity contribution in [3.05, 3.63) is 59.2 Å². The topological polar surface area (TPSA) is 46.2 Å². The SMILES string of the molecule is Cc1ccc(S(=O)(=O)Nc2c(F)cccc2F)c(C)c1. The van der Waals surface area contributed by atoms with E-state index in [4.69, 9.17) is 0 Å². The summed E-state index contributed by atoms with van der Waals surface area (Å²) in [6.07, 6.45) is 0. The first-order valence-corrected chi connectivity index (χ1v) is 7.33. The zero-order valence-electron chi connectivity index (χ0n) is 10.9. The van der Waals surface area contributed by atoms with E-state index in [9.17, 15) is 17.2 Å². The Labute approximate surface area is 116 Å². The van der Waals surface area contributed by atoms with E-state index in [0.29, 0.717) is 5.56 Å². The third-order valence-corrected chi connectivity index (χ3v) is 4.33. The lowest BCUT2D eigenvalue weighted by atomic mass is 10.2. The number of sulfonamides is 1. The van der Waals surface area contributed by atoms with Crippen LogP contribution in [0.1, 0.15) is 11.1 Å². The van der Waals surface area contributed by atoms with E-state index in [0.717, 1.165) is 17.7 Å². The number of halogens is 2. The van der Waals surface area contributed by atoms with Crippen molar-refractivity contribution >= 4 is 15.7 Å². The average molecular weight is 297 g/mol. The van der Waals surface area contributed by atoms with Gasteiger partial charge in [0.1, 0.15) is 17.3 Å². The molecule has 0 saturated heterocycles. The van der Waals surface area contributed by atoms with Crippen LogP contribution in [0.25, 0.3) is 0 Å². The van der Waals surface area contributed by atoms with E-state index in [1.165, 1.54) is 12.1 Å². The van der Waals surface area contributed by atoms with Crippen LogP contribution < -0.4 is 4.72 Å². The van der Waals surface area contributed by atoms with Crippen LogP contribution in [0, 0.1) is 25.5 Å². The number of anilines is 1. The van der Waals surface area contributed by atoms with Gasteiger partial charge in [-0.15, -0.1) is 0 Å². The summed E-state index contributed by atoms with van der Waals surface area (Å²) in [7, 11) is -4.04. The van der Waals surface area contributed by atoms with Gasteiger partial charge in [0.25, 0.3) is 10.0 Å². The lowest BCUT2D eigenvalue weighted by Gasteiger charge is -2.12. The molecule has 20 heavy (non-hydrogen) atoms. The van der Waals surface area contributed by atoms with E-state index in [-0.39, 0.29) is 4.90 Å². The summed E-state index contributed by atoms with van der Waals surface area (Å²) >= 11 is 0. The summed E-state index contributed by atoms with van der Waals surface area (Å²) in [5, 5.41) is 0. The van der Waals surface area contributed by atoms with Gasteiger partial charge in [0.05, 0.1) is 4.90 Å². The highest BCUT2D eigenvalue weighted by molar-refractivity contribution is 7.92. The third-order valence-electron chi connectivity index (χ3n) is 2.82. The Morgan fingerprint density at radius 3 is 2.15 bits per heavy atom. The number of para-hydroxylation sites is 1. The van der Waals surface area contributed by atoms with Crippen molar-refractivity contribution in [2.45, 2.75) is 18.7 Å². The van der Waals surface area contributed by atoms with Crippen LogP contribution in [-0.2, 0) is 10.0 Å². The molecule has 6 heteroatoms. The highest BCUT2D eigenvalue weighted by Gasteiger charge is 2.20. The van der Waals surface area contributed by atoms with Crippen LogP contribution in [0.4, 0.5) is 14.5 Å². The maximum Gasteiger partial charge on any atom is 0.262 e. The van der Waals surface area contributed by atoms with Gasteiger partial charge < -0.3 is 0 Å². The molecule has 0 amide bonds. The molecule has 2 aromatic carbocycles. The molecule has 0 saturated carbocycles. The van der Waals surface area contributed by atoms with Crippen LogP contribution >= 0.6 is 0 Å². The molecule has 0 fully saturated rings. The lowest BCUT2D eigenvalue weighted by molar-refractivity contribution is 0.582. The summed E-state index contributed by atoms with van der Waals surface area (Å²) in [4.78, 5) is -0.00856. The van der Waals surface area contributed by atoms with Crippen molar-refractivity contribution in [3.8, 4) is 0 Å². The standard InChI is InChI=1S/C14H13F2NO2S/c1-9-6-7-13(10(2)8-9)20(18,19)17-14-11(15)4-3-5-12(14)16/h3-8,17H,1-2H3. The Bertz CT molecular complexity index is 738. The van der Waals surface area contributed by atoms with Gasteiger partial charge in [0, 0.05) is 0 Å². The molecule has 0 unspecified atom stereocenters. The second-order valence-electron chi connectivity index (χ2n) is 4.47. The first kappa shape index (κ1) is 14.5. The number of benzene rings is 2. The largest absolute Gasteiger partial charge is 0.274 e. The van der Waals surface area contributed by atoms with Crippen molar-refractivity contribution in [2.75, 3.05) is 4.72 Å². The first-order chi connectivity index (χ1) is 9.31. The molecule has 0 atom stereocenters. The summed E-state index contributed by atoms with van der Waals surface area (Å²) in [5.74, 6) is -1.92. The van der Waals surface area contributed by atoms with Crippen molar-refractivity contribution in [1.82, 2.24) is 0 Å². The maximum absolute atomic E-state index is 13.5. The average Bonchev–Trinajstić information content (AvgIpc) is 2.33. The predicted molar refractivity (Wildman–Crippen MR) is 73.1 cm³/mol. The summed E-state index contributed by atoms with van der Waals surface area (Å²) in [6.45, 7) is 3.45. The predicted octanol–water partition coefficient (Wildman–Crippen LogP) is 3.38. The summed E-state index contributed by atoms with van der Waals surface area (Å²) in [5.41, 5.74) is 0.736. The molecule has 1 N–H and O–H groups in total. The fourth-order valence-corrected chi connectivity index (χ4v) is 3.19. The van der Waals surface area contributed by atoms with Gasteiger partial charge in [0.2, 0.25) is 0 Å². The Morgan fingerprint density at radius 2 is 1.60 bits per heavy atom. The minimum absolute atomic E-state index is 0.00856. The molecular formula is C14H13F2NO2S. The Morgan fingerprint density at radius 1 is 1.00 bits per heavy atom. The zero-order valence-corrected chi connectivity index (χ0v) is 11.8. The smallest absolute Gasteiger partial charge is 0.262 e. The molecule has 0 aliphatic heterocycles. The van der Waals surface area contributed by atoms with Crippen LogP contribution in [-0.4, -0.2) is 8.42 Å². The highest BCUT2D eigenvalue weighted by Crippen LogP contribution is 2.24. The van der Waals surface area contributed by atoms with Gasteiger partial charge in [-0.3, -0.25) is 4.72 Å². The van der Waals surface area contributed by atoms with E-state index in [1.807, 2.05) is 11.6 Å². The summed E-state index contributed by atoms with van der Waals surface area (Å²) in [6, 6.07) is 7.86. The Hall–Kier alpha value is -1.95. The number of nitrogens with one attached hydrogen (secondary N) is 1. The van der Waals surface area contributed by atoms with Crippen LogP contribution in [0.5, 0.6) is 0 Å². The fourth-order valence-electron chi connectivity index (χ4n) is 1.89. The van der Waals surface area contributed by atoms with E-state index >= 15 is 0 Å². The molecule has 0 aliphatic carbocycles. The number of aryl methyl sites for hydroxylation is 2. The fraction of sp³-hybridized carbons (Fsp3) is 0.143.